The summed E-state index contributed by atoms with van der Waals surface area (Å²) in [4.78, 5) is 48.6. The SMILES string of the molecule is O=C1CCC(Nc2ccc(N3CCC(N4CCC(COc5cc(F)c6c(=O)[nH]c(CCC7CCOCC7)nc6c5)CC4)CC3)cc2)C(=O)N1. The minimum absolute atomic E-state index is 0.0136. The highest BCUT2D eigenvalue weighted by Crippen LogP contribution is 2.29. The van der Waals surface area contributed by atoms with Gasteiger partial charge in [0.1, 0.15) is 28.8 Å². The molecule has 2 amide bonds. The zero-order valence-corrected chi connectivity index (χ0v) is 28.1. The van der Waals surface area contributed by atoms with E-state index in [-0.39, 0.29) is 23.2 Å². The van der Waals surface area contributed by atoms with Crippen LogP contribution in [0.25, 0.3) is 10.9 Å². The lowest BCUT2D eigenvalue weighted by atomic mass is 9.94. The van der Waals surface area contributed by atoms with Crippen molar-refractivity contribution in [3.05, 3.63) is 58.4 Å². The molecule has 11 nitrogen and oxygen atoms in total. The first kappa shape index (κ1) is 33.5. The van der Waals surface area contributed by atoms with Crippen LogP contribution in [0.1, 0.15) is 63.6 Å². The quantitative estimate of drug-likeness (QED) is 0.268. The van der Waals surface area contributed by atoms with Crippen molar-refractivity contribution >= 4 is 34.1 Å². The molecular formula is C37H47FN6O5. The van der Waals surface area contributed by atoms with E-state index in [2.05, 4.69) is 42.5 Å². The lowest BCUT2D eigenvalue weighted by Gasteiger charge is -2.42. The summed E-state index contributed by atoms with van der Waals surface area (Å²) in [6, 6.07) is 11.4. The molecule has 3 aromatic rings. The number of H-pyrrole nitrogens is 1. The second-order valence-electron chi connectivity index (χ2n) is 14.1. The minimum Gasteiger partial charge on any atom is -0.493 e. The molecule has 4 saturated heterocycles. The Labute approximate surface area is 285 Å². The molecule has 4 aliphatic heterocycles. The van der Waals surface area contributed by atoms with Crippen LogP contribution in [0.3, 0.4) is 0 Å². The number of nitrogens with one attached hydrogen (secondary N) is 3. The van der Waals surface area contributed by atoms with Crippen LogP contribution in [0.2, 0.25) is 0 Å². The van der Waals surface area contributed by atoms with Crippen LogP contribution in [0.4, 0.5) is 15.8 Å². The largest absolute Gasteiger partial charge is 0.493 e. The second-order valence-corrected chi connectivity index (χ2v) is 14.1. The van der Waals surface area contributed by atoms with Crippen LogP contribution >= 0.6 is 0 Å². The van der Waals surface area contributed by atoms with E-state index in [1.165, 1.54) is 11.8 Å². The van der Waals surface area contributed by atoms with Crippen molar-refractivity contribution in [2.45, 2.75) is 76.3 Å². The summed E-state index contributed by atoms with van der Waals surface area (Å²) in [7, 11) is 0. The van der Waals surface area contributed by atoms with Crippen LogP contribution < -0.4 is 25.8 Å². The van der Waals surface area contributed by atoms with Crippen LogP contribution in [0.15, 0.2) is 41.2 Å². The van der Waals surface area contributed by atoms with Crippen LogP contribution in [-0.2, 0) is 20.7 Å². The maximum Gasteiger partial charge on any atom is 0.261 e. The topological polar surface area (TPSA) is 129 Å². The van der Waals surface area contributed by atoms with Gasteiger partial charge >= 0.3 is 0 Å². The van der Waals surface area contributed by atoms with Gasteiger partial charge in [0.05, 0.1) is 12.1 Å². The highest BCUT2D eigenvalue weighted by atomic mass is 19.1. The standard InChI is InChI=1S/C37H47FN6O5/c38-30-21-29(22-32-35(30)37(47)41-33(40-32)7-1-24-13-19-48-20-14-24)49-23-25-9-15-43(16-10-25)28-11-17-44(18-12-28)27-4-2-26(3-5-27)39-31-6-8-34(45)42-36(31)46/h2-5,21-22,24-25,28,31,39H,1,6-20,23H2,(H,40,41,47)(H,42,45,46). The van der Waals surface area contributed by atoms with Gasteiger partial charge in [-0.2, -0.15) is 0 Å². The molecule has 2 aromatic carbocycles. The number of halogens is 1. The van der Waals surface area contributed by atoms with Gasteiger partial charge in [-0.05, 0) is 101 Å². The van der Waals surface area contributed by atoms with Gasteiger partial charge in [0.2, 0.25) is 11.8 Å². The fourth-order valence-corrected chi connectivity index (χ4v) is 7.81. The Balaban J connectivity index is 0.856. The number of ether oxygens (including phenoxy) is 2. The van der Waals surface area contributed by atoms with Crippen molar-refractivity contribution in [2.24, 2.45) is 11.8 Å². The van der Waals surface area contributed by atoms with Gasteiger partial charge in [0.15, 0.2) is 0 Å². The van der Waals surface area contributed by atoms with E-state index >= 15 is 4.39 Å². The molecule has 0 bridgehead atoms. The number of likely N-dealkylation sites (tertiary alicyclic amines) is 1. The number of carbonyl (C=O) groups is 2. The van der Waals surface area contributed by atoms with Crippen molar-refractivity contribution in [3.63, 3.8) is 0 Å². The summed E-state index contributed by atoms with van der Waals surface area (Å²) in [5.74, 6) is 0.898. The first-order valence-electron chi connectivity index (χ1n) is 18.0. The van der Waals surface area contributed by atoms with Crippen molar-refractivity contribution < 1.29 is 23.5 Å². The summed E-state index contributed by atoms with van der Waals surface area (Å²) in [6.45, 7) is 6.13. The number of piperidine rings is 3. The third-order valence-corrected chi connectivity index (χ3v) is 10.8. The maximum atomic E-state index is 15.0. The van der Waals surface area contributed by atoms with Crippen molar-refractivity contribution in [2.75, 3.05) is 56.2 Å². The van der Waals surface area contributed by atoms with Gasteiger partial charge in [0, 0.05) is 68.7 Å². The molecule has 5 heterocycles. The van der Waals surface area contributed by atoms with Crippen LogP contribution in [0, 0.1) is 17.7 Å². The number of amides is 2. The molecule has 1 unspecified atom stereocenters. The maximum absolute atomic E-state index is 15.0. The molecule has 3 N–H and O–H groups in total. The molecule has 1 atom stereocenters. The molecule has 1 aromatic heterocycles. The summed E-state index contributed by atoms with van der Waals surface area (Å²) in [6.07, 6.45) is 8.77. The Hall–Kier alpha value is -4.03. The molecule has 0 radical (unpaired) electrons. The number of anilines is 2. The average Bonchev–Trinajstić information content (AvgIpc) is 3.12. The zero-order valence-electron chi connectivity index (χ0n) is 28.1. The molecule has 7 rings (SSSR count). The Morgan fingerprint density at radius 1 is 0.918 bits per heavy atom. The van der Waals surface area contributed by atoms with Crippen molar-refractivity contribution in [3.8, 4) is 5.75 Å². The molecule has 0 saturated carbocycles. The number of fused-ring (bicyclic) bond motifs is 1. The zero-order chi connectivity index (χ0) is 33.7. The third-order valence-electron chi connectivity index (χ3n) is 10.8. The number of aromatic nitrogens is 2. The van der Waals surface area contributed by atoms with E-state index in [1.54, 1.807) is 6.07 Å². The van der Waals surface area contributed by atoms with E-state index in [1.807, 2.05) is 12.1 Å². The Morgan fingerprint density at radius 2 is 1.67 bits per heavy atom. The average molecular weight is 675 g/mol. The summed E-state index contributed by atoms with van der Waals surface area (Å²) in [5.41, 5.74) is 1.97. The predicted molar refractivity (Wildman–Crippen MR) is 185 cm³/mol. The second kappa shape index (κ2) is 15.2. The molecule has 0 spiro atoms. The Morgan fingerprint density at radius 3 is 2.41 bits per heavy atom. The van der Waals surface area contributed by atoms with Gasteiger partial charge in [-0.15, -0.1) is 0 Å². The van der Waals surface area contributed by atoms with Crippen molar-refractivity contribution in [1.82, 2.24) is 20.2 Å². The summed E-state index contributed by atoms with van der Waals surface area (Å²) >= 11 is 0. The molecule has 262 valence electrons. The number of hydrogen-bond acceptors (Lipinski definition) is 9. The fraction of sp³-hybridized carbons (Fsp3) is 0.568. The third kappa shape index (κ3) is 8.24. The number of aromatic amines is 1. The number of imide groups is 1. The number of hydrogen-bond donors (Lipinski definition) is 3. The Kier molecular flexibility index (Phi) is 10.4. The van der Waals surface area contributed by atoms with Crippen LogP contribution in [-0.4, -0.2) is 84.8 Å². The number of aryl methyl sites for hydroxylation is 1. The predicted octanol–water partition coefficient (Wildman–Crippen LogP) is 4.40. The fourth-order valence-electron chi connectivity index (χ4n) is 7.81. The van der Waals surface area contributed by atoms with E-state index in [9.17, 15) is 14.4 Å². The summed E-state index contributed by atoms with van der Waals surface area (Å²) in [5, 5.41) is 5.63. The van der Waals surface area contributed by atoms with E-state index in [4.69, 9.17) is 9.47 Å². The lowest BCUT2D eigenvalue weighted by Crippen LogP contribution is -2.48. The minimum atomic E-state index is -0.599. The first-order valence-corrected chi connectivity index (χ1v) is 18.0. The molecule has 0 aliphatic carbocycles. The van der Waals surface area contributed by atoms with Gasteiger partial charge in [0.25, 0.3) is 5.56 Å². The monoisotopic (exact) mass is 674 g/mol. The van der Waals surface area contributed by atoms with Gasteiger partial charge in [-0.25, -0.2) is 9.37 Å². The first-order chi connectivity index (χ1) is 23.9. The van der Waals surface area contributed by atoms with Gasteiger partial charge in [-0.1, -0.05) is 0 Å². The van der Waals surface area contributed by atoms with Crippen molar-refractivity contribution in [1.29, 1.82) is 0 Å². The number of benzene rings is 2. The number of nitrogens with zero attached hydrogens (tertiary/aromatic N) is 3. The molecule has 4 aliphatic rings. The summed E-state index contributed by atoms with van der Waals surface area (Å²) < 4.78 is 26.6. The van der Waals surface area contributed by atoms with Crippen LogP contribution in [0.5, 0.6) is 5.75 Å². The van der Waals surface area contributed by atoms with Gasteiger partial charge in [-0.3, -0.25) is 19.7 Å². The van der Waals surface area contributed by atoms with E-state index in [0.29, 0.717) is 60.8 Å². The molecule has 4 fully saturated rings. The molecule has 12 heteroatoms. The Bertz CT molecular complexity index is 1680. The normalized spacial score (nSPS) is 22.0. The highest BCUT2D eigenvalue weighted by molar-refractivity contribution is 6.01. The number of rotatable bonds is 10. The lowest BCUT2D eigenvalue weighted by molar-refractivity contribution is -0.133. The highest BCUT2D eigenvalue weighted by Gasteiger charge is 2.29. The van der Waals surface area contributed by atoms with Gasteiger partial charge < -0.3 is 29.6 Å². The molecule has 49 heavy (non-hydrogen) atoms. The molecular weight excluding hydrogens is 627 g/mol. The van der Waals surface area contributed by atoms with E-state index < -0.39 is 11.4 Å². The smallest absolute Gasteiger partial charge is 0.261 e. The van der Waals surface area contributed by atoms with E-state index in [0.717, 1.165) is 90.0 Å². The number of carbonyl (C=O) groups excluding carboxylic acids is 2.